The molecule has 0 fully saturated rings. The van der Waals surface area contributed by atoms with Gasteiger partial charge in [0.05, 0.1) is 12.2 Å². The van der Waals surface area contributed by atoms with E-state index in [0.717, 1.165) is 0 Å². The van der Waals surface area contributed by atoms with Crippen molar-refractivity contribution in [1.29, 1.82) is 0 Å². The molecule has 0 bridgehead atoms. The second-order valence-corrected chi connectivity index (χ2v) is 1.71. The molecule has 0 N–H and O–H groups in total. The van der Waals surface area contributed by atoms with E-state index in [2.05, 4.69) is 6.92 Å². The van der Waals surface area contributed by atoms with Crippen molar-refractivity contribution in [3.63, 3.8) is 0 Å². The molecular weight excluding hydrogens is 104 g/mol. The smallest absolute Gasteiger partial charge is 0.0831 e. The fourth-order valence-electron chi connectivity index (χ4n) is 0.343. The molecule has 0 saturated carbocycles. The van der Waals surface area contributed by atoms with Gasteiger partial charge in [-0.3, -0.25) is 0 Å². The van der Waals surface area contributed by atoms with Gasteiger partial charge in [-0.2, -0.15) is 0 Å². The van der Waals surface area contributed by atoms with Crippen LogP contribution >= 0.6 is 0 Å². The third-order valence-corrected chi connectivity index (χ3v) is 1.20. The highest BCUT2D eigenvalue weighted by atomic mass is 16.5. The Morgan fingerprint density at radius 1 is 1.25 bits per heavy atom. The third-order valence-electron chi connectivity index (χ3n) is 1.20. The lowest BCUT2D eigenvalue weighted by atomic mass is 10.3. The number of rotatable bonds is 3. The van der Waals surface area contributed by atoms with E-state index in [9.17, 15) is 0 Å². The molecule has 0 saturated heterocycles. The highest BCUT2D eigenvalue weighted by Crippen LogP contribution is 1.97. The van der Waals surface area contributed by atoms with Gasteiger partial charge >= 0.3 is 0 Å². The minimum atomic E-state index is -0.0556. The van der Waals surface area contributed by atoms with E-state index in [1.807, 2.05) is 6.92 Å². The normalized spacial score (nSPS) is 18.0. The average molecular weight is 117 g/mol. The maximum Gasteiger partial charge on any atom is 0.0831 e. The topological polar surface area (TPSA) is 18.5 Å². The minimum absolute atomic E-state index is 0.0556. The summed E-state index contributed by atoms with van der Waals surface area (Å²) in [7, 11) is 3.26. The van der Waals surface area contributed by atoms with Crippen LogP contribution in [0.1, 0.15) is 6.92 Å². The third kappa shape index (κ3) is 2.28. The predicted octanol–water partition coefficient (Wildman–Crippen LogP) is 0.870. The highest BCUT2D eigenvalue weighted by Gasteiger charge is 2.07. The Labute approximate surface area is 50.8 Å². The molecule has 0 rings (SSSR count). The van der Waals surface area contributed by atoms with Crippen molar-refractivity contribution in [2.75, 3.05) is 14.2 Å². The Bertz CT molecular complexity index is 46.5. The van der Waals surface area contributed by atoms with Crippen LogP contribution in [-0.4, -0.2) is 26.4 Å². The van der Waals surface area contributed by atoms with Crippen molar-refractivity contribution < 1.29 is 9.47 Å². The molecule has 0 aromatic heterocycles. The Kier molecular flexibility index (Phi) is 3.83. The van der Waals surface area contributed by atoms with Gasteiger partial charge in [0.25, 0.3) is 0 Å². The standard InChI is InChI=1S/C6H13O2/c1-5(7-3)6(2)8-4/h5-6H,1H2,2-4H3. The summed E-state index contributed by atoms with van der Waals surface area (Å²) in [5, 5.41) is 0. The molecule has 0 aromatic rings. The average Bonchev–Trinajstić information content (AvgIpc) is 1.84. The molecule has 0 amide bonds. The van der Waals surface area contributed by atoms with Gasteiger partial charge in [0, 0.05) is 14.2 Å². The van der Waals surface area contributed by atoms with Gasteiger partial charge in [0.1, 0.15) is 0 Å². The molecule has 0 aliphatic carbocycles. The van der Waals surface area contributed by atoms with E-state index in [1.54, 1.807) is 14.2 Å². The van der Waals surface area contributed by atoms with Crippen LogP contribution in [0.3, 0.4) is 0 Å². The Morgan fingerprint density at radius 3 is 1.88 bits per heavy atom. The molecule has 2 nitrogen and oxygen atoms in total. The van der Waals surface area contributed by atoms with Crippen LogP contribution in [0, 0.1) is 6.92 Å². The summed E-state index contributed by atoms with van der Waals surface area (Å²) in [6.45, 7) is 5.60. The minimum Gasteiger partial charge on any atom is -0.379 e. The quantitative estimate of drug-likeness (QED) is 0.546. The zero-order valence-electron chi connectivity index (χ0n) is 5.68. The van der Waals surface area contributed by atoms with Crippen molar-refractivity contribution in [1.82, 2.24) is 0 Å². The largest absolute Gasteiger partial charge is 0.379 e. The lowest BCUT2D eigenvalue weighted by molar-refractivity contribution is -0.00210. The Morgan fingerprint density at radius 2 is 1.75 bits per heavy atom. The van der Waals surface area contributed by atoms with Gasteiger partial charge in [0.15, 0.2) is 0 Å². The van der Waals surface area contributed by atoms with Crippen molar-refractivity contribution in [3.8, 4) is 0 Å². The van der Waals surface area contributed by atoms with Gasteiger partial charge in [-0.1, -0.05) is 0 Å². The molecule has 8 heavy (non-hydrogen) atoms. The molecule has 0 aliphatic heterocycles. The molecule has 0 aliphatic rings. The number of ether oxygens (including phenoxy) is 2. The van der Waals surface area contributed by atoms with Gasteiger partial charge in [0.2, 0.25) is 0 Å². The van der Waals surface area contributed by atoms with Crippen molar-refractivity contribution >= 4 is 0 Å². The molecule has 0 heterocycles. The fraction of sp³-hybridized carbons (Fsp3) is 0.833. The summed E-state index contributed by atoms with van der Waals surface area (Å²) >= 11 is 0. The fourth-order valence-corrected chi connectivity index (χ4v) is 0.343. The maximum absolute atomic E-state index is 4.92. The van der Waals surface area contributed by atoms with Gasteiger partial charge in [-0.05, 0) is 13.8 Å². The lowest BCUT2D eigenvalue weighted by Gasteiger charge is -2.15. The van der Waals surface area contributed by atoms with E-state index in [4.69, 9.17) is 9.47 Å². The van der Waals surface area contributed by atoms with Crippen molar-refractivity contribution in [2.24, 2.45) is 0 Å². The number of hydrogen-bond donors (Lipinski definition) is 0. The summed E-state index contributed by atoms with van der Waals surface area (Å²) in [4.78, 5) is 0. The Balaban J connectivity index is 3.29. The predicted molar refractivity (Wildman–Crippen MR) is 32.6 cm³/mol. The van der Waals surface area contributed by atoms with Crippen molar-refractivity contribution in [2.45, 2.75) is 19.1 Å². The summed E-state index contributed by atoms with van der Waals surface area (Å²) in [5.41, 5.74) is 0. The molecule has 2 heteroatoms. The molecule has 2 unspecified atom stereocenters. The van der Waals surface area contributed by atoms with Crippen LogP contribution in [0.4, 0.5) is 0 Å². The lowest BCUT2D eigenvalue weighted by Crippen LogP contribution is -2.23. The molecule has 0 aromatic carbocycles. The summed E-state index contributed by atoms with van der Waals surface area (Å²) in [5.74, 6) is 0. The van der Waals surface area contributed by atoms with E-state index in [1.165, 1.54) is 0 Å². The highest BCUT2D eigenvalue weighted by molar-refractivity contribution is 4.66. The van der Waals surface area contributed by atoms with Gasteiger partial charge in [-0.15, -0.1) is 0 Å². The summed E-state index contributed by atoms with van der Waals surface area (Å²) in [6, 6.07) is 0. The summed E-state index contributed by atoms with van der Waals surface area (Å²) in [6.07, 6.45) is 0.0278. The molecule has 2 atom stereocenters. The zero-order valence-corrected chi connectivity index (χ0v) is 5.68. The second kappa shape index (κ2) is 3.87. The Hall–Kier alpha value is -0.0800. The molecule has 1 radical (unpaired) electrons. The van der Waals surface area contributed by atoms with Gasteiger partial charge in [-0.25, -0.2) is 0 Å². The zero-order chi connectivity index (χ0) is 6.57. The van der Waals surface area contributed by atoms with E-state index in [0.29, 0.717) is 0 Å². The van der Waals surface area contributed by atoms with E-state index >= 15 is 0 Å². The molecule has 49 valence electrons. The monoisotopic (exact) mass is 117 g/mol. The first-order chi connectivity index (χ1) is 3.72. The van der Waals surface area contributed by atoms with E-state index < -0.39 is 0 Å². The van der Waals surface area contributed by atoms with Crippen LogP contribution in [0.15, 0.2) is 0 Å². The number of methoxy groups -OCH3 is 2. The molecule has 0 spiro atoms. The first-order valence-corrected chi connectivity index (χ1v) is 2.61. The molecular formula is C6H13O2. The van der Waals surface area contributed by atoms with E-state index in [-0.39, 0.29) is 12.2 Å². The first-order valence-electron chi connectivity index (χ1n) is 2.61. The first kappa shape index (κ1) is 7.92. The second-order valence-electron chi connectivity index (χ2n) is 1.71. The maximum atomic E-state index is 4.92. The van der Waals surface area contributed by atoms with Crippen molar-refractivity contribution in [3.05, 3.63) is 6.92 Å². The summed E-state index contributed by atoms with van der Waals surface area (Å²) < 4.78 is 9.78. The number of hydrogen-bond acceptors (Lipinski definition) is 2. The van der Waals surface area contributed by atoms with Crippen LogP contribution < -0.4 is 0 Å². The SMILES string of the molecule is [CH2]C(OC)C(C)OC. The van der Waals surface area contributed by atoms with Gasteiger partial charge < -0.3 is 9.47 Å². The van der Waals surface area contributed by atoms with Crippen LogP contribution in [0.5, 0.6) is 0 Å². The van der Waals surface area contributed by atoms with Crippen LogP contribution in [0.25, 0.3) is 0 Å². The van der Waals surface area contributed by atoms with Crippen LogP contribution in [0.2, 0.25) is 0 Å². The van der Waals surface area contributed by atoms with Crippen LogP contribution in [-0.2, 0) is 9.47 Å².